The molecule has 2 heterocycles. The molecular weight excluding hydrogens is 450 g/mol. The molecule has 0 spiro atoms. The molecule has 174 valence electrons. The zero-order valence-electron chi connectivity index (χ0n) is 19.4. The summed E-state index contributed by atoms with van der Waals surface area (Å²) in [5, 5.41) is 3.28. The number of anilines is 1. The number of carbonyl (C=O) groups excluding carboxylic acids is 2. The van der Waals surface area contributed by atoms with Gasteiger partial charge in [-0.3, -0.25) is 14.2 Å². The molecular formula is C26H25N3O4S. The third-order valence-electron chi connectivity index (χ3n) is 5.26. The minimum absolute atomic E-state index is 0.179. The molecule has 0 aliphatic rings. The van der Waals surface area contributed by atoms with Crippen LogP contribution in [-0.4, -0.2) is 27.5 Å². The van der Waals surface area contributed by atoms with Gasteiger partial charge in [0.2, 0.25) is 5.91 Å². The normalized spacial score (nSPS) is 11.1. The summed E-state index contributed by atoms with van der Waals surface area (Å²) < 4.78 is 6.48. The topological polar surface area (TPSA) is 90.3 Å². The number of carbonyl (C=O) groups is 2. The molecule has 4 aromatic rings. The van der Waals surface area contributed by atoms with Crippen molar-refractivity contribution in [2.24, 2.45) is 0 Å². The van der Waals surface area contributed by atoms with Gasteiger partial charge < -0.3 is 10.1 Å². The average Bonchev–Trinajstić information content (AvgIpc) is 3.13. The molecule has 2 aromatic carbocycles. The van der Waals surface area contributed by atoms with E-state index < -0.39 is 5.97 Å². The van der Waals surface area contributed by atoms with Crippen LogP contribution in [0.3, 0.4) is 0 Å². The molecule has 34 heavy (non-hydrogen) atoms. The number of nitrogens with one attached hydrogen (secondary N) is 1. The maximum absolute atomic E-state index is 13.3. The highest BCUT2D eigenvalue weighted by Crippen LogP contribution is 2.35. The van der Waals surface area contributed by atoms with Gasteiger partial charge in [-0.05, 0) is 57.5 Å². The van der Waals surface area contributed by atoms with Gasteiger partial charge in [-0.1, -0.05) is 29.8 Å². The van der Waals surface area contributed by atoms with Crippen LogP contribution < -0.4 is 10.9 Å². The molecule has 0 saturated heterocycles. The smallest absolute Gasteiger partial charge is 0.338 e. The fourth-order valence-corrected chi connectivity index (χ4v) is 4.65. The molecule has 0 atom stereocenters. The standard InChI is InChI=1S/C26H25N3O4S/c1-15(2)33-26(32)19-9-11-20(12-10-19)28-21(30)13-29-14-27-24-23(25(29)31)22(17(4)34-24)18-7-5-16(3)6-8-18/h5-12,14-15H,13H2,1-4H3,(H,28,30). The number of fused-ring (bicyclic) bond motifs is 1. The predicted molar refractivity (Wildman–Crippen MR) is 134 cm³/mol. The van der Waals surface area contributed by atoms with Crippen LogP contribution in [0, 0.1) is 13.8 Å². The van der Waals surface area contributed by atoms with Gasteiger partial charge in [-0.15, -0.1) is 11.3 Å². The first kappa shape index (κ1) is 23.4. The number of hydrogen-bond acceptors (Lipinski definition) is 6. The molecule has 0 bridgehead atoms. The van der Waals surface area contributed by atoms with Crippen LogP contribution in [0.15, 0.2) is 59.7 Å². The van der Waals surface area contributed by atoms with Gasteiger partial charge in [0.15, 0.2) is 0 Å². The third kappa shape index (κ3) is 4.92. The summed E-state index contributed by atoms with van der Waals surface area (Å²) in [5.41, 5.74) is 3.60. The second kappa shape index (κ2) is 9.61. The first-order valence-corrected chi connectivity index (χ1v) is 11.7. The quantitative estimate of drug-likeness (QED) is 0.399. The average molecular weight is 476 g/mol. The zero-order chi connectivity index (χ0) is 24.4. The van der Waals surface area contributed by atoms with Gasteiger partial charge in [-0.2, -0.15) is 0 Å². The number of aryl methyl sites for hydroxylation is 2. The van der Waals surface area contributed by atoms with Gasteiger partial charge in [-0.25, -0.2) is 9.78 Å². The Bertz CT molecular complexity index is 1420. The summed E-state index contributed by atoms with van der Waals surface area (Å²) in [4.78, 5) is 44.0. The van der Waals surface area contributed by atoms with Crippen LogP contribution in [0.1, 0.15) is 34.6 Å². The summed E-state index contributed by atoms with van der Waals surface area (Å²) in [6, 6.07) is 14.4. The van der Waals surface area contributed by atoms with Gasteiger partial charge in [0.25, 0.3) is 5.56 Å². The lowest BCUT2D eigenvalue weighted by atomic mass is 10.0. The lowest BCUT2D eigenvalue weighted by Gasteiger charge is -2.10. The number of rotatable bonds is 6. The van der Waals surface area contributed by atoms with E-state index in [0.717, 1.165) is 21.6 Å². The van der Waals surface area contributed by atoms with E-state index in [1.807, 2.05) is 38.1 Å². The minimum atomic E-state index is -0.422. The Morgan fingerprint density at radius 2 is 1.74 bits per heavy atom. The SMILES string of the molecule is Cc1ccc(-c2c(C)sc3ncn(CC(=O)Nc4ccc(C(=O)OC(C)C)cc4)c(=O)c23)cc1. The van der Waals surface area contributed by atoms with Crippen LogP contribution in [0.25, 0.3) is 21.3 Å². The van der Waals surface area contributed by atoms with E-state index in [0.29, 0.717) is 21.5 Å². The molecule has 4 rings (SSSR count). The van der Waals surface area contributed by atoms with Crippen molar-refractivity contribution in [1.29, 1.82) is 0 Å². The number of aromatic nitrogens is 2. The molecule has 0 unspecified atom stereocenters. The van der Waals surface area contributed by atoms with Crippen LogP contribution >= 0.6 is 11.3 Å². The first-order valence-electron chi connectivity index (χ1n) is 10.9. The second-order valence-corrected chi connectivity index (χ2v) is 9.54. The zero-order valence-corrected chi connectivity index (χ0v) is 20.2. The van der Waals surface area contributed by atoms with Crippen LogP contribution in [0.2, 0.25) is 0 Å². The van der Waals surface area contributed by atoms with Crippen molar-refractivity contribution in [3.8, 4) is 11.1 Å². The number of esters is 1. The van der Waals surface area contributed by atoms with E-state index >= 15 is 0 Å². The first-order chi connectivity index (χ1) is 16.2. The van der Waals surface area contributed by atoms with Gasteiger partial charge in [0, 0.05) is 16.1 Å². The van der Waals surface area contributed by atoms with E-state index in [1.54, 1.807) is 38.1 Å². The number of amides is 1. The number of hydrogen-bond donors (Lipinski definition) is 1. The molecule has 8 heteroatoms. The molecule has 2 aromatic heterocycles. The molecule has 0 radical (unpaired) electrons. The summed E-state index contributed by atoms with van der Waals surface area (Å²) in [6.07, 6.45) is 1.19. The summed E-state index contributed by atoms with van der Waals surface area (Å²) in [5.74, 6) is -0.793. The van der Waals surface area contributed by atoms with Gasteiger partial charge in [0.05, 0.1) is 23.4 Å². The lowest BCUT2D eigenvalue weighted by molar-refractivity contribution is -0.116. The van der Waals surface area contributed by atoms with Crippen molar-refractivity contribution < 1.29 is 14.3 Å². The minimum Gasteiger partial charge on any atom is -0.459 e. The molecule has 0 aliphatic carbocycles. The summed E-state index contributed by atoms with van der Waals surface area (Å²) >= 11 is 1.47. The Morgan fingerprint density at radius 3 is 2.38 bits per heavy atom. The maximum Gasteiger partial charge on any atom is 0.338 e. The van der Waals surface area contributed by atoms with E-state index in [2.05, 4.69) is 10.3 Å². The maximum atomic E-state index is 13.3. The number of thiophene rings is 1. The molecule has 0 saturated carbocycles. The largest absolute Gasteiger partial charge is 0.459 e. The van der Waals surface area contributed by atoms with Crippen molar-refractivity contribution in [2.75, 3.05) is 5.32 Å². The fourth-order valence-electron chi connectivity index (χ4n) is 3.64. The van der Waals surface area contributed by atoms with Crippen LogP contribution in [0.5, 0.6) is 0 Å². The van der Waals surface area contributed by atoms with E-state index in [9.17, 15) is 14.4 Å². The Labute approximate surface area is 201 Å². The van der Waals surface area contributed by atoms with E-state index in [4.69, 9.17) is 4.74 Å². The molecule has 7 nitrogen and oxygen atoms in total. The second-order valence-electron chi connectivity index (χ2n) is 8.34. The number of nitrogens with zero attached hydrogens (tertiary/aromatic N) is 2. The van der Waals surface area contributed by atoms with Crippen molar-refractivity contribution >= 4 is 39.1 Å². The van der Waals surface area contributed by atoms with Crippen molar-refractivity contribution in [2.45, 2.75) is 40.3 Å². The molecule has 1 amide bonds. The highest BCUT2D eigenvalue weighted by molar-refractivity contribution is 7.19. The predicted octanol–water partition coefficient (Wildman–Crippen LogP) is 4.95. The van der Waals surface area contributed by atoms with Gasteiger partial charge >= 0.3 is 5.97 Å². The van der Waals surface area contributed by atoms with Crippen molar-refractivity contribution in [3.63, 3.8) is 0 Å². The Morgan fingerprint density at radius 1 is 1.06 bits per heavy atom. The van der Waals surface area contributed by atoms with Crippen LogP contribution in [0.4, 0.5) is 5.69 Å². The third-order valence-corrected chi connectivity index (χ3v) is 6.27. The van der Waals surface area contributed by atoms with Crippen LogP contribution in [-0.2, 0) is 16.1 Å². The summed E-state index contributed by atoms with van der Waals surface area (Å²) in [6.45, 7) is 7.36. The number of ether oxygens (including phenoxy) is 1. The summed E-state index contributed by atoms with van der Waals surface area (Å²) in [7, 11) is 0. The van der Waals surface area contributed by atoms with Gasteiger partial charge in [0.1, 0.15) is 11.4 Å². The van der Waals surface area contributed by atoms with Crippen molar-refractivity contribution in [3.05, 3.63) is 81.2 Å². The highest BCUT2D eigenvalue weighted by atomic mass is 32.1. The Balaban J connectivity index is 1.55. The molecule has 0 fully saturated rings. The Hall–Kier alpha value is -3.78. The molecule has 1 N–H and O–H groups in total. The van der Waals surface area contributed by atoms with Crippen molar-refractivity contribution in [1.82, 2.24) is 9.55 Å². The highest BCUT2D eigenvalue weighted by Gasteiger charge is 2.18. The lowest BCUT2D eigenvalue weighted by Crippen LogP contribution is -2.27. The van der Waals surface area contributed by atoms with E-state index in [-0.39, 0.29) is 24.1 Å². The monoisotopic (exact) mass is 475 g/mol. The fraction of sp³-hybridized carbons (Fsp3) is 0.231. The molecule has 0 aliphatic heterocycles. The number of benzene rings is 2. The van der Waals surface area contributed by atoms with E-state index in [1.165, 1.54) is 22.2 Å². The Kier molecular flexibility index (Phi) is 6.61.